The first-order valence-corrected chi connectivity index (χ1v) is 19.9. The smallest absolute Gasteiger partial charge is 0.256 e. The maximum absolute atomic E-state index is 13.1. The van der Waals surface area contributed by atoms with Crippen molar-refractivity contribution in [1.29, 1.82) is 0 Å². The van der Waals surface area contributed by atoms with Crippen LogP contribution in [-0.4, -0.2) is 81.3 Å². The van der Waals surface area contributed by atoms with Crippen molar-refractivity contribution in [2.24, 2.45) is 0 Å². The van der Waals surface area contributed by atoms with Crippen LogP contribution >= 0.6 is 0 Å². The molecular weight excluding hydrogens is 737 g/mol. The number of aliphatic hydroxyl groups is 1. The van der Waals surface area contributed by atoms with Crippen LogP contribution in [0.2, 0.25) is 0 Å². The second-order valence-corrected chi connectivity index (χ2v) is 15.0. The number of piperidine rings is 1. The largest absolute Gasteiger partial charge is 0.385 e. The molecule has 4 aromatic rings. The number of imide groups is 1. The lowest BCUT2D eigenvalue weighted by Gasteiger charge is -2.29. The highest BCUT2D eigenvalue weighted by molar-refractivity contribution is 6.06. The number of anilines is 6. The lowest BCUT2D eigenvalue weighted by molar-refractivity contribution is -0.136. The fourth-order valence-electron chi connectivity index (χ4n) is 7.73. The molecule has 1 saturated heterocycles. The number of aryl methyl sites for hydroxylation is 1. The highest BCUT2D eigenvalue weighted by Gasteiger charge is 2.40. The van der Waals surface area contributed by atoms with E-state index in [0.29, 0.717) is 48.8 Å². The molecule has 1 aliphatic carbocycles. The van der Waals surface area contributed by atoms with E-state index in [9.17, 15) is 24.3 Å². The second kappa shape index (κ2) is 17.4. The standard InChI is InChI=1S/C43H50N10O5/c1-4-22-45-39(55)31-25-46-42(51-38(31)49-35-18-12-27-20-21-43(58,5-2)37(27)48-35)47-28-13-15-29(16-14-28)52(3)24-8-6-7-23-44-33-11-9-10-30-32(33)26-53(41(30)57)34-17-19-36(54)50-40(34)56/h4,9-16,18,25,34,44,58H,1,5-8,17,19-24,26H2,2-3H3,(H,45,55)(H,50,54,56)(H2,46,47,48,49,51)/t34?,43-/m1/s1. The fourth-order valence-corrected chi connectivity index (χ4v) is 7.73. The Morgan fingerprint density at radius 1 is 1.05 bits per heavy atom. The molecule has 15 nitrogen and oxygen atoms in total. The number of nitrogens with zero attached hydrogens (tertiary/aromatic N) is 5. The molecule has 2 atom stereocenters. The number of fused-ring (bicyclic) bond motifs is 2. The SMILES string of the molecule is C=CCNC(=O)c1cnc(Nc2ccc(N(C)CCCCCNc3cccc4c3CN(C3CCC(=O)NC3=O)C4=O)cc2)nc1Nc1ccc2c(n1)[C@@](O)(CC)CC2. The van der Waals surface area contributed by atoms with Gasteiger partial charge in [0.05, 0.1) is 5.69 Å². The Hall–Kier alpha value is -6.35. The molecular formula is C43H50N10O5. The molecule has 2 aliphatic heterocycles. The van der Waals surface area contributed by atoms with Crippen molar-refractivity contribution in [1.82, 2.24) is 30.5 Å². The molecule has 6 N–H and O–H groups in total. The number of nitrogens with one attached hydrogen (secondary N) is 5. The molecule has 2 aromatic heterocycles. The highest BCUT2D eigenvalue weighted by atomic mass is 16.3. The number of aromatic nitrogens is 3. The predicted octanol–water partition coefficient (Wildman–Crippen LogP) is 5.30. The zero-order valence-electron chi connectivity index (χ0n) is 32.9. The number of carbonyl (C=O) groups excluding carboxylic acids is 4. The zero-order valence-corrected chi connectivity index (χ0v) is 32.9. The van der Waals surface area contributed by atoms with Gasteiger partial charge in [-0.3, -0.25) is 24.5 Å². The quantitative estimate of drug-likeness (QED) is 0.0461. The van der Waals surface area contributed by atoms with Gasteiger partial charge in [0.15, 0.2) is 0 Å². The van der Waals surface area contributed by atoms with Crippen LogP contribution in [-0.2, 0) is 28.2 Å². The van der Waals surface area contributed by atoms with Gasteiger partial charge in [-0.05, 0) is 93.0 Å². The molecule has 58 heavy (non-hydrogen) atoms. The summed E-state index contributed by atoms with van der Waals surface area (Å²) >= 11 is 0. The number of carbonyl (C=O) groups is 4. The molecule has 1 unspecified atom stereocenters. The van der Waals surface area contributed by atoms with Crippen molar-refractivity contribution >= 4 is 58.3 Å². The fraction of sp³-hybridized carbons (Fsp3) is 0.372. The summed E-state index contributed by atoms with van der Waals surface area (Å²) in [6.45, 7) is 7.86. The van der Waals surface area contributed by atoms with Crippen LogP contribution in [0.5, 0.6) is 0 Å². The molecule has 3 aliphatic rings. The van der Waals surface area contributed by atoms with Gasteiger partial charge in [-0.2, -0.15) is 4.98 Å². The van der Waals surface area contributed by atoms with Crippen LogP contribution in [0, 0.1) is 0 Å². The Bertz CT molecular complexity index is 2210. The van der Waals surface area contributed by atoms with Crippen LogP contribution in [0.1, 0.15) is 89.4 Å². The number of pyridine rings is 1. The first-order chi connectivity index (χ1) is 28.1. The Morgan fingerprint density at radius 3 is 2.66 bits per heavy atom. The average molecular weight is 787 g/mol. The van der Waals surface area contributed by atoms with Gasteiger partial charge in [0.1, 0.15) is 28.8 Å². The van der Waals surface area contributed by atoms with Crippen molar-refractivity contribution < 1.29 is 24.3 Å². The van der Waals surface area contributed by atoms with Crippen LogP contribution in [0.15, 0.2) is 73.4 Å². The molecule has 15 heteroatoms. The molecule has 0 saturated carbocycles. The Labute approximate surface area is 337 Å². The van der Waals surface area contributed by atoms with Gasteiger partial charge in [-0.15, -0.1) is 6.58 Å². The lowest BCUT2D eigenvalue weighted by Crippen LogP contribution is -2.52. The third-order valence-electron chi connectivity index (χ3n) is 11.1. The van der Waals surface area contributed by atoms with E-state index in [1.54, 1.807) is 17.0 Å². The number of hydrogen-bond donors (Lipinski definition) is 6. The van der Waals surface area contributed by atoms with E-state index in [1.165, 1.54) is 6.20 Å². The average Bonchev–Trinajstić information content (AvgIpc) is 3.74. The summed E-state index contributed by atoms with van der Waals surface area (Å²) in [6.07, 6.45) is 8.51. The summed E-state index contributed by atoms with van der Waals surface area (Å²) < 4.78 is 0. The minimum Gasteiger partial charge on any atom is -0.385 e. The molecule has 2 aromatic carbocycles. The Morgan fingerprint density at radius 2 is 1.88 bits per heavy atom. The second-order valence-electron chi connectivity index (χ2n) is 15.0. The molecule has 0 bridgehead atoms. The van der Waals surface area contributed by atoms with E-state index in [0.717, 1.165) is 67.0 Å². The van der Waals surface area contributed by atoms with Crippen LogP contribution < -0.4 is 31.5 Å². The topological polar surface area (TPSA) is 194 Å². The van der Waals surface area contributed by atoms with E-state index < -0.39 is 17.6 Å². The first kappa shape index (κ1) is 39.9. The van der Waals surface area contributed by atoms with E-state index in [4.69, 9.17) is 4.98 Å². The minimum atomic E-state index is -0.977. The van der Waals surface area contributed by atoms with Gasteiger partial charge >= 0.3 is 0 Å². The lowest BCUT2D eigenvalue weighted by atomic mass is 9.98. The third-order valence-corrected chi connectivity index (χ3v) is 11.1. The number of unbranched alkanes of at least 4 members (excludes halogenated alkanes) is 2. The molecule has 0 spiro atoms. The van der Waals surface area contributed by atoms with E-state index in [1.807, 2.05) is 55.5 Å². The van der Waals surface area contributed by atoms with Crippen molar-refractivity contribution in [3.05, 3.63) is 101 Å². The van der Waals surface area contributed by atoms with Gasteiger partial charge in [0.2, 0.25) is 17.8 Å². The molecule has 1 fully saturated rings. The van der Waals surface area contributed by atoms with Crippen molar-refractivity contribution in [3.8, 4) is 0 Å². The first-order valence-electron chi connectivity index (χ1n) is 19.9. The van der Waals surface area contributed by atoms with E-state index in [-0.39, 0.29) is 42.1 Å². The van der Waals surface area contributed by atoms with Crippen LogP contribution in [0.4, 0.5) is 34.6 Å². The molecule has 4 amide bonds. The monoisotopic (exact) mass is 786 g/mol. The van der Waals surface area contributed by atoms with Crippen LogP contribution in [0.3, 0.4) is 0 Å². The minimum absolute atomic E-state index is 0.175. The molecule has 4 heterocycles. The van der Waals surface area contributed by atoms with Crippen LogP contribution in [0.25, 0.3) is 0 Å². The summed E-state index contributed by atoms with van der Waals surface area (Å²) in [4.78, 5) is 67.8. The van der Waals surface area contributed by atoms with Gasteiger partial charge in [0.25, 0.3) is 11.8 Å². The zero-order chi connectivity index (χ0) is 40.8. The highest BCUT2D eigenvalue weighted by Crippen LogP contribution is 2.39. The molecule has 0 radical (unpaired) electrons. The summed E-state index contributed by atoms with van der Waals surface area (Å²) in [7, 11) is 2.06. The number of benzene rings is 2. The summed E-state index contributed by atoms with van der Waals surface area (Å²) in [5.41, 5.74) is 5.15. The molecule has 7 rings (SSSR count). The van der Waals surface area contributed by atoms with E-state index in [2.05, 4.69) is 55.1 Å². The van der Waals surface area contributed by atoms with Crippen molar-refractivity contribution in [3.63, 3.8) is 0 Å². The van der Waals surface area contributed by atoms with Gasteiger partial charge in [0, 0.05) is 74.0 Å². The van der Waals surface area contributed by atoms with Gasteiger partial charge in [-0.25, -0.2) is 9.97 Å². The Kier molecular flexibility index (Phi) is 12.0. The summed E-state index contributed by atoms with van der Waals surface area (Å²) in [5.74, 6) is -0.207. The van der Waals surface area contributed by atoms with Crippen molar-refractivity contribution in [2.75, 3.05) is 47.5 Å². The Balaban J connectivity index is 0.906. The maximum atomic E-state index is 13.1. The normalized spacial score (nSPS) is 18.3. The molecule has 302 valence electrons. The van der Waals surface area contributed by atoms with Gasteiger partial charge in [-0.1, -0.05) is 25.1 Å². The van der Waals surface area contributed by atoms with E-state index >= 15 is 0 Å². The summed E-state index contributed by atoms with van der Waals surface area (Å²) in [6, 6.07) is 16.7. The maximum Gasteiger partial charge on any atom is 0.256 e. The number of rotatable bonds is 17. The van der Waals surface area contributed by atoms with Crippen molar-refractivity contribution in [2.45, 2.75) is 76.5 Å². The summed E-state index contributed by atoms with van der Waals surface area (Å²) in [5, 5.41) is 26.2. The third kappa shape index (κ3) is 8.64. The number of amides is 4. The van der Waals surface area contributed by atoms with Gasteiger partial charge < -0.3 is 36.2 Å². The number of hydrogen-bond acceptors (Lipinski definition) is 12. The predicted molar refractivity (Wildman–Crippen MR) is 222 cm³/mol.